The molecule has 1 N–H and O–H groups in total. The lowest BCUT2D eigenvalue weighted by molar-refractivity contribution is 0.111. The Balaban J connectivity index is 1.46. The molecule has 0 amide bonds. The van der Waals surface area contributed by atoms with Crippen molar-refractivity contribution in [2.24, 2.45) is 0 Å². The molecule has 1 heterocycles. The summed E-state index contributed by atoms with van der Waals surface area (Å²) in [5.74, 6) is 0. The summed E-state index contributed by atoms with van der Waals surface area (Å²) in [4.78, 5) is 2.81. The molecule has 0 aromatic rings. The van der Waals surface area contributed by atoms with E-state index in [0.717, 1.165) is 23.4 Å². The van der Waals surface area contributed by atoms with Gasteiger partial charge in [0.25, 0.3) is 0 Å². The van der Waals surface area contributed by atoms with Crippen LogP contribution >= 0.6 is 11.8 Å². The number of likely N-dealkylation sites (tertiary alicyclic amines) is 1. The van der Waals surface area contributed by atoms with Crippen molar-refractivity contribution in [3.05, 3.63) is 0 Å². The first-order valence-corrected chi connectivity index (χ1v) is 9.17. The van der Waals surface area contributed by atoms with Gasteiger partial charge in [0.15, 0.2) is 0 Å². The Hall–Kier alpha value is 0.270. The average molecular weight is 268 g/mol. The summed E-state index contributed by atoms with van der Waals surface area (Å²) < 4.78 is 0. The van der Waals surface area contributed by atoms with Gasteiger partial charge in [0.2, 0.25) is 0 Å². The lowest BCUT2D eigenvalue weighted by Gasteiger charge is -2.41. The summed E-state index contributed by atoms with van der Waals surface area (Å²) >= 11 is 2.08. The molecule has 0 aromatic carbocycles. The van der Waals surface area contributed by atoms with E-state index in [2.05, 4.69) is 28.2 Å². The van der Waals surface area contributed by atoms with Crippen molar-refractivity contribution in [1.29, 1.82) is 0 Å². The summed E-state index contributed by atoms with van der Waals surface area (Å²) in [6.45, 7) is 2.68. The molecule has 18 heavy (non-hydrogen) atoms. The highest BCUT2D eigenvalue weighted by Crippen LogP contribution is 2.31. The molecule has 0 aromatic heterocycles. The highest BCUT2D eigenvalue weighted by molar-refractivity contribution is 7.99. The van der Waals surface area contributed by atoms with Gasteiger partial charge >= 0.3 is 0 Å². The van der Waals surface area contributed by atoms with Crippen LogP contribution in [0.1, 0.15) is 51.4 Å². The molecule has 1 saturated heterocycles. The van der Waals surface area contributed by atoms with Crippen LogP contribution in [0.4, 0.5) is 0 Å². The number of nitrogens with one attached hydrogen (secondary N) is 1. The number of hydrogen-bond donors (Lipinski definition) is 1. The molecule has 3 aliphatic rings. The standard InChI is InChI=1S/C15H28N2S/c1-18-15-8-6-14(7-9-15)17-10-2-3-13(11-17)16-12-4-5-12/h12-16H,2-11H2,1H3. The maximum absolute atomic E-state index is 3.84. The third kappa shape index (κ3) is 3.43. The molecule has 3 heteroatoms. The fourth-order valence-electron chi connectivity index (χ4n) is 3.70. The lowest BCUT2D eigenvalue weighted by atomic mass is 9.91. The van der Waals surface area contributed by atoms with Crippen LogP contribution in [0.15, 0.2) is 0 Å². The molecule has 1 atom stereocenters. The van der Waals surface area contributed by atoms with Crippen LogP contribution in [0.2, 0.25) is 0 Å². The molecule has 3 rings (SSSR count). The second kappa shape index (κ2) is 6.15. The summed E-state index contributed by atoms with van der Waals surface area (Å²) in [5.41, 5.74) is 0. The van der Waals surface area contributed by atoms with Crippen molar-refractivity contribution in [3.63, 3.8) is 0 Å². The quantitative estimate of drug-likeness (QED) is 0.844. The molecular formula is C15H28N2S. The molecule has 2 saturated carbocycles. The van der Waals surface area contributed by atoms with Crippen LogP contribution in [0.5, 0.6) is 0 Å². The molecule has 0 bridgehead atoms. The molecule has 2 nitrogen and oxygen atoms in total. The van der Waals surface area contributed by atoms with Gasteiger partial charge in [0.1, 0.15) is 0 Å². The van der Waals surface area contributed by atoms with Crippen molar-refractivity contribution in [3.8, 4) is 0 Å². The number of hydrogen-bond acceptors (Lipinski definition) is 3. The van der Waals surface area contributed by atoms with E-state index in [1.165, 1.54) is 64.5 Å². The highest BCUT2D eigenvalue weighted by Gasteiger charge is 2.31. The Morgan fingerprint density at radius 1 is 0.944 bits per heavy atom. The van der Waals surface area contributed by atoms with E-state index >= 15 is 0 Å². The second-order valence-electron chi connectivity index (χ2n) is 6.44. The van der Waals surface area contributed by atoms with Gasteiger partial charge in [-0.1, -0.05) is 0 Å². The van der Waals surface area contributed by atoms with Gasteiger partial charge in [-0.3, -0.25) is 4.90 Å². The van der Waals surface area contributed by atoms with E-state index in [9.17, 15) is 0 Å². The fraction of sp³-hybridized carbons (Fsp3) is 1.00. The van der Waals surface area contributed by atoms with Crippen LogP contribution in [-0.2, 0) is 0 Å². The monoisotopic (exact) mass is 268 g/mol. The van der Waals surface area contributed by atoms with Crippen LogP contribution in [0.3, 0.4) is 0 Å². The van der Waals surface area contributed by atoms with E-state index < -0.39 is 0 Å². The first kappa shape index (κ1) is 13.3. The van der Waals surface area contributed by atoms with E-state index in [-0.39, 0.29) is 0 Å². The molecule has 0 spiro atoms. The first-order chi connectivity index (χ1) is 8.85. The van der Waals surface area contributed by atoms with Crippen molar-refractivity contribution in [2.75, 3.05) is 19.3 Å². The van der Waals surface area contributed by atoms with Crippen LogP contribution in [0, 0.1) is 0 Å². The molecule has 104 valence electrons. The summed E-state index contributed by atoms with van der Waals surface area (Å²) in [5, 5.41) is 4.79. The third-order valence-electron chi connectivity index (χ3n) is 5.00. The number of thioether (sulfide) groups is 1. The van der Waals surface area contributed by atoms with Gasteiger partial charge in [-0.15, -0.1) is 0 Å². The van der Waals surface area contributed by atoms with Gasteiger partial charge in [-0.25, -0.2) is 0 Å². The van der Waals surface area contributed by atoms with Crippen LogP contribution in [0.25, 0.3) is 0 Å². The number of rotatable bonds is 4. The first-order valence-electron chi connectivity index (χ1n) is 7.88. The van der Waals surface area contributed by atoms with Crippen molar-refractivity contribution >= 4 is 11.8 Å². The van der Waals surface area contributed by atoms with Gasteiger partial charge < -0.3 is 5.32 Å². The van der Waals surface area contributed by atoms with Gasteiger partial charge in [-0.2, -0.15) is 11.8 Å². The summed E-state index contributed by atoms with van der Waals surface area (Å²) in [7, 11) is 0. The minimum Gasteiger partial charge on any atom is -0.310 e. The van der Waals surface area contributed by atoms with E-state index in [4.69, 9.17) is 0 Å². The average Bonchev–Trinajstić information content (AvgIpc) is 3.23. The van der Waals surface area contributed by atoms with E-state index in [0.29, 0.717) is 0 Å². The normalized spacial score (nSPS) is 38.8. The predicted octanol–water partition coefficient (Wildman–Crippen LogP) is 2.88. The summed E-state index contributed by atoms with van der Waals surface area (Å²) in [6, 6.07) is 2.57. The third-order valence-corrected chi connectivity index (χ3v) is 6.13. The van der Waals surface area contributed by atoms with Crippen molar-refractivity contribution in [2.45, 2.75) is 74.7 Å². The maximum atomic E-state index is 3.84. The molecule has 3 fully saturated rings. The lowest BCUT2D eigenvalue weighted by Crippen LogP contribution is -2.51. The maximum Gasteiger partial charge on any atom is 0.0198 e. The minimum atomic E-state index is 0.796. The zero-order valence-electron chi connectivity index (χ0n) is 11.7. The smallest absolute Gasteiger partial charge is 0.0198 e. The zero-order valence-corrected chi connectivity index (χ0v) is 12.6. The SMILES string of the molecule is CSC1CCC(N2CCCC(NC3CC3)C2)CC1. The Morgan fingerprint density at radius 3 is 2.39 bits per heavy atom. The van der Waals surface area contributed by atoms with Gasteiger partial charge in [0, 0.05) is 29.9 Å². The largest absolute Gasteiger partial charge is 0.310 e. The number of nitrogens with zero attached hydrogens (tertiary/aromatic N) is 1. The van der Waals surface area contributed by atoms with Crippen molar-refractivity contribution < 1.29 is 0 Å². The topological polar surface area (TPSA) is 15.3 Å². The van der Waals surface area contributed by atoms with E-state index in [1.54, 1.807) is 0 Å². The fourth-order valence-corrected chi connectivity index (χ4v) is 4.45. The zero-order chi connectivity index (χ0) is 12.4. The number of piperidine rings is 1. The Labute approximate surface area is 116 Å². The Kier molecular flexibility index (Phi) is 4.53. The van der Waals surface area contributed by atoms with Gasteiger partial charge in [0.05, 0.1) is 0 Å². The van der Waals surface area contributed by atoms with Gasteiger partial charge in [-0.05, 0) is 64.2 Å². The Morgan fingerprint density at radius 2 is 1.72 bits per heavy atom. The summed E-state index contributed by atoms with van der Waals surface area (Å²) in [6.07, 6.45) is 13.7. The molecular weight excluding hydrogens is 240 g/mol. The minimum absolute atomic E-state index is 0.796. The predicted molar refractivity (Wildman–Crippen MR) is 80.3 cm³/mol. The molecule has 1 unspecified atom stereocenters. The second-order valence-corrected chi connectivity index (χ2v) is 7.58. The molecule has 1 aliphatic heterocycles. The van der Waals surface area contributed by atoms with Crippen molar-refractivity contribution in [1.82, 2.24) is 10.2 Å². The molecule has 0 radical (unpaired) electrons. The highest BCUT2D eigenvalue weighted by atomic mass is 32.2. The van der Waals surface area contributed by atoms with Crippen LogP contribution in [-0.4, -0.2) is 47.6 Å². The Bertz CT molecular complexity index is 259. The van der Waals surface area contributed by atoms with Crippen LogP contribution < -0.4 is 5.32 Å². The molecule has 2 aliphatic carbocycles. The van der Waals surface area contributed by atoms with E-state index in [1.807, 2.05) is 0 Å².